The number of anilines is 1. The minimum absolute atomic E-state index is 0.0578. The molecule has 1 aromatic carbocycles. The van der Waals surface area contributed by atoms with Gasteiger partial charge in [0.15, 0.2) is 0 Å². The summed E-state index contributed by atoms with van der Waals surface area (Å²) >= 11 is 0. The number of rotatable bonds is 3. The lowest BCUT2D eigenvalue weighted by atomic mass is 10.0. The summed E-state index contributed by atoms with van der Waals surface area (Å²) in [5, 5.41) is 7.14. The molecule has 0 unspecified atom stereocenters. The average molecular weight is 285 g/mol. The summed E-state index contributed by atoms with van der Waals surface area (Å²) in [4.78, 5) is 23.5. The second kappa shape index (κ2) is 5.40. The highest BCUT2D eigenvalue weighted by molar-refractivity contribution is 5.98. The molecule has 0 aliphatic carbocycles. The number of carbonyl (C=O) groups excluding carboxylic acids is 2. The molecule has 21 heavy (non-hydrogen) atoms. The summed E-state index contributed by atoms with van der Waals surface area (Å²) in [5.74, 6) is -0.347. The number of hydrogen-bond donors (Lipinski definition) is 1. The summed E-state index contributed by atoms with van der Waals surface area (Å²) in [6.07, 6.45) is 1.79. The summed E-state index contributed by atoms with van der Waals surface area (Å²) < 4.78 is 6.33. The molecule has 1 aliphatic heterocycles. The zero-order valence-corrected chi connectivity index (χ0v) is 11.6. The number of aromatic nitrogens is 2. The Morgan fingerprint density at radius 2 is 2.19 bits per heavy atom. The van der Waals surface area contributed by atoms with Gasteiger partial charge in [0.05, 0.1) is 32.2 Å². The van der Waals surface area contributed by atoms with Crippen molar-refractivity contribution in [1.82, 2.24) is 9.78 Å². The Labute approximate surface area is 121 Å². The molecule has 0 saturated heterocycles. The third-order valence-electron chi connectivity index (χ3n) is 3.57. The van der Waals surface area contributed by atoms with Crippen molar-refractivity contribution in [3.05, 3.63) is 36.5 Å². The topological polar surface area (TPSA) is 73.2 Å². The quantitative estimate of drug-likeness (QED) is 0.871. The largest absolute Gasteiger partial charge is 0.469 e. The lowest BCUT2D eigenvalue weighted by Gasteiger charge is -2.23. The zero-order valence-electron chi connectivity index (χ0n) is 11.6. The summed E-state index contributed by atoms with van der Waals surface area (Å²) in [7, 11) is 1.32. The van der Waals surface area contributed by atoms with Gasteiger partial charge in [-0.2, -0.15) is 5.10 Å². The number of carbonyl (C=O) groups is 2. The molecule has 0 fully saturated rings. The summed E-state index contributed by atoms with van der Waals surface area (Å²) in [6, 6.07) is 9.73. The van der Waals surface area contributed by atoms with Crippen LogP contribution in [-0.2, 0) is 20.9 Å². The van der Waals surface area contributed by atoms with Crippen LogP contribution in [0.4, 0.5) is 5.82 Å². The van der Waals surface area contributed by atoms with Crippen LogP contribution in [0.15, 0.2) is 36.5 Å². The highest BCUT2D eigenvalue weighted by Crippen LogP contribution is 2.31. The van der Waals surface area contributed by atoms with E-state index in [0.717, 1.165) is 11.1 Å². The number of hydrogen-bond acceptors (Lipinski definition) is 4. The molecule has 1 aliphatic rings. The van der Waals surface area contributed by atoms with Crippen LogP contribution in [0.25, 0.3) is 11.1 Å². The Hall–Kier alpha value is -2.63. The van der Waals surface area contributed by atoms with E-state index in [-0.39, 0.29) is 12.3 Å². The van der Waals surface area contributed by atoms with Crippen LogP contribution >= 0.6 is 0 Å². The molecule has 0 radical (unpaired) electrons. The Morgan fingerprint density at radius 3 is 2.90 bits per heavy atom. The van der Waals surface area contributed by atoms with Crippen molar-refractivity contribution in [2.75, 3.05) is 12.4 Å². The van der Waals surface area contributed by atoms with E-state index < -0.39 is 11.9 Å². The first-order valence-electron chi connectivity index (χ1n) is 6.68. The smallest absolute Gasteiger partial charge is 0.306 e. The molecule has 0 bridgehead atoms. The van der Waals surface area contributed by atoms with Gasteiger partial charge in [-0.25, -0.2) is 4.68 Å². The molecule has 0 saturated carbocycles. The first-order valence-corrected chi connectivity index (χ1v) is 6.68. The lowest BCUT2D eigenvalue weighted by Crippen LogP contribution is -2.35. The highest BCUT2D eigenvalue weighted by Gasteiger charge is 2.30. The minimum atomic E-state index is -0.450. The van der Waals surface area contributed by atoms with Crippen LogP contribution in [0.2, 0.25) is 0 Å². The van der Waals surface area contributed by atoms with E-state index in [4.69, 9.17) is 0 Å². The van der Waals surface area contributed by atoms with Gasteiger partial charge in [0.1, 0.15) is 5.82 Å². The standard InChI is InChI=1S/C15H15N3O3/c1-21-13(19)7-11-9-18-14(17-15(11)20)12(8-16-18)10-5-3-2-4-6-10/h2-6,8,11H,7,9H2,1H3,(H,17,20)/t11-/m1/s1. The molecular formula is C15H15N3O3. The number of nitrogens with one attached hydrogen (secondary N) is 1. The third-order valence-corrected chi connectivity index (χ3v) is 3.57. The van der Waals surface area contributed by atoms with Gasteiger partial charge >= 0.3 is 5.97 Å². The second-order valence-electron chi connectivity index (χ2n) is 4.92. The predicted octanol–water partition coefficient (Wildman–Crippen LogP) is 1.68. The van der Waals surface area contributed by atoms with Crippen molar-refractivity contribution in [2.24, 2.45) is 5.92 Å². The summed E-state index contributed by atoms with van der Waals surface area (Å²) in [5.41, 5.74) is 1.87. The van der Waals surface area contributed by atoms with Gasteiger partial charge in [-0.05, 0) is 5.56 Å². The zero-order chi connectivity index (χ0) is 14.8. The maximum Gasteiger partial charge on any atom is 0.306 e. The number of fused-ring (bicyclic) bond motifs is 1. The van der Waals surface area contributed by atoms with Crippen LogP contribution < -0.4 is 5.32 Å². The first kappa shape index (κ1) is 13.4. The highest BCUT2D eigenvalue weighted by atomic mass is 16.5. The number of nitrogens with zero attached hydrogens (tertiary/aromatic N) is 2. The third kappa shape index (κ3) is 2.52. The second-order valence-corrected chi connectivity index (χ2v) is 4.92. The molecule has 2 heterocycles. The monoisotopic (exact) mass is 285 g/mol. The van der Waals surface area contributed by atoms with Crippen molar-refractivity contribution in [3.8, 4) is 11.1 Å². The normalized spacial score (nSPS) is 17.0. The molecule has 0 spiro atoms. The van der Waals surface area contributed by atoms with Crippen LogP contribution in [0.3, 0.4) is 0 Å². The fraction of sp³-hybridized carbons (Fsp3) is 0.267. The van der Waals surface area contributed by atoms with Crippen molar-refractivity contribution < 1.29 is 14.3 Å². The van der Waals surface area contributed by atoms with Gasteiger partial charge in [-0.3, -0.25) is 9.59 Å². The Bertz CT molecular complexity index is 679. The molecule has 6 nitrogen and oxygen atoms in total. The molecule has 1 aromatic heterocycles. The lowest BCUT2D eigenvalue weighted by molar-refractivity contribution is -0.143. The van der Waals surface area contributed by atoms with Gasteiger partial charge < -0.3 is 10.1 Å². The van der Waals surface area contributed by atoms with Gasteiger partial charge in [-0.15, -0.1) is 0 Å². The number of benzene rings is 1. The van der Waals surface area contributed by atoms with Crippen LogP contribution in [0.5, 0.6) is 0 Å². The number of amides is 1. The molecule has 2 aromatic rings. The Kier molecular flexibility index (Phi) is 3.43. The van der Waals surface area contributed by atoms with Crippen molar-refractivity contribution in [2.45, 2.75) is 13.0 Å². The van der Waals surface area contributed by atoms with Gasteiger partial charge in [0.2, 0.25) is 5.91 Å². The molecule has 1 amide bonds. The van der Waals surface area contributed by atoms with Crippen LogP contribution in [0, 0.1) is 5.92 Å². The molecule has 3 rings (SSSR count). The van der Waals surface area contributed by atoms with Crippen LogP contribution in [-0.4, -0.2) is 28.8 Å². The fourth-order valence-corrected chi connectivity index (χ4v) is 2.44. The maximum absolute atomic E-state index is 12.1. The van der Waals surface area contributed by atoms with Crippen molar-refractivity contribution in [1.29, 1.82) is 0 Å². The van der Waals surface area contributed by atoms with Crippen molar-refractivity contribution >= 4 is 17.7 Å². The Balaban J connectivity index is 1.88. The SMILES string of the molecule is COC(=O)C[C@@H]1Cn2ncc(-c3ccccc3)c2NC1=O. The average Bonchev–Trinajstić information content (AvgIpc) is 2.91. The summed E-state index contributed by atoms with van der Waals surface area (Å²) in [6.45, 7) is 0.378. The fourth-order valence-electron chi connectivity index (χ4n) is 2.44. The first-order chi connectivity index (χ1) is 10.2. The van der Waals surface area contributed by atoms with Crippen LogP contribution in [0.1, 0.15) is 6.42 Å². The maximum atomic E-state index is 12.1. The number of methoxy groups -OCH3 is 1. The van der Waals surface area contributed by atoms with Gasteiger partial charge in [0, 0.05) is 5.56 Å². The van der Waals surface area contributed by atoms with E-state index in [0.29, 0.717) is 12.4 Å². The van der Waals surface area contributed by atoms with Crippen molar-refractivity contribution in [3.63, 3.8) is 0 Å². The van der Waals surface area contributed by atoms with E-state index in [1.165, 1.54) is 7.11 Å². The molecule has 6 heteroatoms. The van der Waals surface area contributed by atoms with Gasteiger partial charge in [0.25, 0.3) is 0 Å². The van der Waals surface area contributed by atoms with E-state index in [1.54, 1.807) is 10.9 Å². The van der Waals surface area contributed by atoms with Gasteiger partial charge in [-0.1, -0.05) is 30.3 Å². The van der Waals surface area contributed by atoms with E-state index in [1.807, 2.05) is 30.3 Å². The van der Waals surface area contributed by atoms with E-state index >= 15 is 0 Å². The van der Waals surface area contributed by atoms with E-state index in [2.05, 4.69) is 15.2 Å². The molecular weight excluding hydrogens is 270 g/mol. The van der Waals surface area contributed by atoms with E-state index in [9.17, 15) is 9.59 Å². The number of esters is 1. The Morgan fingerprint density at radius 1 is 1.43 bits per heavy atom. The molecule has 1 N–H and O–H groups in total. The minimum Gasteiger partial charge on any atom is -0.469 e. The number of ether oxygens (including phenoxy) is 1. The molecule has 108 valence electrons. The molecule has 1 atom stereocenters. The predicted molar refractivity (Wildman–Crippen MR) is 76.4 cm³/mol.